The van der Waals surface area contributed by atoms with E-state index in [4.69, 9.17) is 10.5 Å². The Hall–Kier alpha value is -1.42. The lowest BCUT2D eigenvalue weighted by Crippen LogP contribution is -2.17. The maximum absolute atomic E-state index is 12.7. The van der Waals surface area contributed by atoms with Crippen molar-refractivity contribution < 1.29 is 9.13 Å². The molecule has 0 radical (unpaired) electrons. The Morgan fingerprint density at radius 1 is 1.38 bits per heavy atom. The van der Waals surface area contributed by atoms with Crippen molar-refractivity contribution in [2.45, 2.75) is 18.9 Å². The molecule has 1 aromatic rings. The summed E-state index contributed by atoms with van der Waals surface area (Å²) in [5, 5.41) is 0. The van der Waals surface area contributed by atoms with Gasteiger partial charge in [0.05, 0.1) is 6.54 Å². The molecule has 0 bridgehead atoms. The first-order chi connectivity index (χ1) is 7.78. The molecule has 2 N–H and O–H groups in total. The van der Waals surface area contributed by atoms with E-state index >= 15 is 0 Å². The molecule has 0 saturated carbocycles. The largest absolute Gasteiger partial charge is 0.475 e. The first-order valence-corrected chi connectivity index (χ1v) is 5.42. The Bertz CT molecular complexity index is 375. The minimum atomic E-state index is -0.212. The summed E-state index contributed by atoms with van der Waals surface area (Å²) in [6, 6.07) is 6.48. The van der Waals surface area contributed by atoms with E-state index in [0.29, 0.717) is 19.5 Å². The number of nitrogens with two attached hydrogens (primary N) is 1. The summed E-state index contributed by atoms with van der Waals surface area (Å²) in [4.78, 5) is 4.26. The van der Waals surface area contributed by atoms with Crippen LogP contribution in [-0.4, -0.2) is 25.1 Å². The molecule has 1 unspecified atom stereocenters. The van der Waals surface area contributed by atoms with Crippen LogP contribution >= 0.6 is 0 Å². The number of aliphatic imine (C=N–C) groups is 1. The smallest absolute Gasteiger partial charge is 0.185 e. The third kappa shape index (κ3) is 2.79. The summed E-state index contributed by atoms with van der Waals surface area (Å²) >= 11 is 0. The van der Waals surface area contributed by atoms with E-state index in [2.05, 4.69) is 4.99 Å². The second-order valence-corrected chi connectivity index (χ2v) is 3.84. The highest BCUT2D eigenvalue weighted by atomic mass is 19.1. The van der Waals surface area contributed by atoms with Crippen molar-refractivity contribution >= 4 is 5.90 Å². The molecule has 1 aromatic carbocycles. The normalized spacial score (nSPS) is 19.4. The van der Waals surface area contributed by atoms with E-state index in [1.54, 1.807) is 12.1 Å². The van der Waals surface area contributed by atoms with Crippen LogP contribution in [0.15, 0.2) is 29.3 Å². The lowest BCUT2D eigenvalue weighted by atomic mass is 10.1. The zero-order valence-electron chi connectivity index (χ0n) is 9.03. The van der Waals surface area contributed by atoms with Gasteiger partial charge in [0.1, 0.15) is 11.9 Å². The zero-order valence-corrected chi connectivity index (χ0v) is 9.03. The summed E-state index contributed by atoms with van der Waals surface area (Å²) in [5.74, 6) is 0.533. The number of hydrogen-bond acceptors (Lipinski definition) is 3. The van der Waals surface area contributed by atoms with E-state index in [9.17, 15) is 4.39 Å². The molecule has 86 valence electrons. The summed E-state index contributed by atoms with van der Waals surface area (Å²) in [6.07, 6.45) is 1.53. The Labute approximate surface area is 94.1 Å². The van der Waals surface area contributed by atoms with Crippen LogP contribution in [0.4, 0.5) is 4.39 Å². The molecule has 1 atom stereocenters. The number of hydrogen-bond donors (Lipinski definition) is 1. The highest BCUT2D eigenvalue weighted by Gasteiger charge is 2.19. The van der Waals surface area contributed by atoms with Crippen molar-refractivity contribution in [3.05, 3.63) is 35.6 Å². The summed E-state index contributed by atoms with van der Waals surface area (Å²) in [7, 11) is 0. The predicted octanol–water partition coefficient (Wildman–Crippen LogP) is 1.51. The van der Waals surface area contributed by atoms with Gasteiger partial charge in [-0.3, -0.25) is 4.99 Å². The zero-order chi connectivity index (χ0) is 11.4. The first-order valence-electron chi connectivity index (χ1n) is 5.42. The fourth-order valence-corrected chi connectivity index (χ4v) is 1.72. The van der Waals surface area contributed by atoms with Crippen molar-refractivity contribution in [2.24, 2.45) is 10.7 Å². The minimum Gasteiger partial charge on any atom is -0.475 e. The molecule has 0 aromatic heterocycles. The molecular formula is C12H15FN2O. The van der Waals surface area contributed by atoms with Crippen LogP contribution in [0.2, 0.25) is 0 Å². The van der Waals surface area contributed by atoms with E-state index in [1.165, 1.54) is 12.1 Å². The molecule has 0 amide bonds. The highest BCUT2D eigenvalue weighted by molar-refractivity contribution is 5.77. The second-order valence-electron chi connectivity index (χ2n) is 3.84. The molecular weight excluding hydrogens is 207 g/mol. The molecule has 1 aliphatic heterocycles. The van der Waals surface area contributed by atoms with Crippen LogP contribution < -0.4 is 5.73 Å². The van der Waals surface area contributed by atoms with Gasteiger partial charge in [0.2, 0.25) is 0 Å². The average molecular weight is 222 g/mol. The molecule has 3 nitrogen and oxygen atoms in total. The van der Waals surface area contributed by atoms with Crippen LogP contribution in [0.25, 0.3) is 0 Å². The minimum absolute atomic E-state index is 0.0759. The van der Waals surface area contributed by atoms with Gasteiger partial charge < -0.3 is 10.5 Å². The van der Waals surface area contributed by atoms with Crippen molar-refractivity contribution in [1.29, 1.82) is 0 Å². The van der Waals surface area contributed by atoms with Crippen molar-refractivity contribution in [2.75, 3.05) is 13.1 Å². The summed E-state index contributed by atoms with van der Waals surface area (Å²) < 4.78 is 18.3. The van der Waals surface area contributed by atoms with E-state index in [0.717, 1.165) is 17.9 Å². The Morgan fingerprint density at radius 2 is 2.12 bits per heavy atom. The lowest BCUT2D eigenvalue weighted by Gasteiger charge is -2.10. The lowest BCUT2D eigenvalue weighted by molar-refractivity contribution is 0.219. The molecule has 16 heavy (non-hydrogen) atoms. The van der Waals surface area contributed by atoms with Crippen molar-refractivity contribution in [1.82, 2.24) is 0 Å². The molecule has 1 heterocycles. The van der Waals surface area contributed by atoms with Gasteiger partial charge in [-0.15, -0.1) is 0 Å². The monoisotopic (exact) mass is 222 g/mol. The molecule has 2 rings (SSSR count). The SMILES string of the molecule is NCCC1=NCC(Cc2ccc(F)cc2)O1. The molecule has 0 fully saturated rings. The summed E-state index contributed by atoms with van der Waals surface area (Å²) in [5.41, 5.74) is 6.49. The van der Waals surface area contributed by atoms with E-state index in [1.807, 2.05) is 0 Å². The van der Waals surface area contributed by atoms with Crippen LogP contribution in [0, 0.1) is 5.82 Å². The van der Waals surface area contributed by atoms with Gasteiger partial charge in [-0.1, -0.05) is 12.1 Å². The topological polar surface area (TPSA) is 47.6 Å². The molecule has 4 heteroatoms. The number of rotatable bonds is 4. The number of benzene rings is 1. The van der Waals surface area contributed by atoms with Gasteiger partial charge in [-0.05, 0) is 17.7 Å². The quantitative estimate of drug-likeness (QED) is 0.839. The molecule has 1 aliphatic rings. The maximum Gasteiger partial charge on any atom is 0.185 e. The fraction of sp³-hybridized carbons (Fsp3) is 0.417. The van der Waals surface area contributed by atoms with Crippen LogP contribution in [0.5, 0.6) is 0 Å². The number of ether oxygens (including phenoxy) is 1. The third-order valence-electron chi connectivity index (χ3n) is 2.51. The molecule has 0 saturated heterocycles. The van der Waals surface area contributed by atoms with Crippen molar-refractivity contribution in [3.8, 4) is 0 Å². The number of halogens is 1. The van der Waals surface area contributed by atoms with Gasteiger partial charge in [-0.25, -0.2) is 4.39 Å². The third-order valence-corrected chi connectivity index (χ3v) is 2.51. The Balaban J connectivity index is 1.86. The number of nitrogens with zero attached hydrogens (tertiary/aromatic N) is 1. The van der Waals surface area contributed by atoms with E-state index < -0.39 is 0 Å². The standard InChI is InChI=1S/C12H15FN2O/c13-10-3-1-9(2-4-10)7-11-8-15-12(16-11)5-6-14/h1-4,11H,5-8,14H2. The van der Waals surface area contributed by atoms with Crippen LogP contribution in [0.3, 0.4) is 0 Å². The van der Waals surface area contributed by atoms with Gasteiger partial charge >= 0.3 is 0 Å². The predicted molar refractivity (Wildman–Crippen MR) is 61.0 cm³/mol. The maximum atomic E-state index is 12.7. The first kappa shape index (κ1) is 11.1. The van der Waals surface area contributed by atoms with E-state index in [-0.39, 0.29) is 11.9 Å². The van der Waals surface area contributed by atoms with Gasteiger partial charge in [0.15, 0.2) is 5.90 Å². The van der Waals surface area contributed by atoms with Gasteiger partial charge in [0.25, 0.3) is 0 Å². The molecule has 0 spiro atoms. The van der Waals surface area contributed by atoms with Crippen LogP contribution in [0.1, 0.15) is 12.0 Å². The Morgan fingerprint density at radius 3 is 2.81 bits per heavy atom. The fourth-order valence-electron chi connectivity index (χ4n) is 1.72. The van der Waals surface area contributed by atoms with Crippen molar-refractivity contribution in [3.63, 3.8) is 0 Å². The second kappa shape index (κ2) is 5.07. The summed E-state index contributed by atoms with van der Waals surface area (Å²) in [6.45, 7) is 1.23. The highest BCUT2D eigenvalue weighted by Crippen LogP contribution is 2.13. The average Bonchev–Trinajstić information content (AvgIpc) is 2.70. The van der Waals surface area contributed by atoms with Gasteiger partial charge in [-0.2, -0.15) is 0 Å². The molecule has 0 aliphatic carbocycles. The Kier molecular flexibility index (Phi) is 3.51. The van der Waals surface area contributed by atoms with Crippen LogP contribution in [-0.2, 0) is 11.2 Å². The van der Waals surface area contributed by atoms with Gasteiger partial charge in [0, 0.05) is 19.4 Å².